The van der Waals surface area contributed by atoms with Crippen LogP contribution in [0.25, 0.3) is 16.6 Å². The molecule has 3 rings (SSSR count). The maximum absolute atomic E-state index is 13.4. The molecule has 0 aromatic carbocycles. The molecule has 0 aliphatic rings. The van der Waals surface area contributed by atoms with Gasteiger partial charge >= 0.3 is 0 Å². The lowest BCUT2D eigenvalue weighted by atomic mass is 10.2. The van der Waals surface area contributed by atoms with E-state index in [0.717, 1.165) is 0 Å². The highest BCUT2D eigenvalue weighted by Gasteiger charge is 2.15. The van der Waals surface area contributed by atoms with Crippen LogP contribution in [-0.2, 0) is 0 Å². The number of fused-ring (bicyclic) bond motifs is 3. The van der Waals surface area contributed by atoms with Gasteiger partial charge in [0.1, 0.15) is 17.3 Å². The number of rotatable bonds is 0. The number of hydrogen-bond acceptors (Lipinski definition) is 4. The number of aromatic amines is 1. The van der Waals surface area contributed by atoms with E-state index in [4.69, 9.17) is 5.26 Å². The van der Waals surface area contributed by atoms with Gasteiger partial charge in [0.15, 0.2) is 0 Å². The van der Waals surface area contributed by atoms with Gasteiger partial charge in [0.2, 0.25) is 5.95 Å². The zero-order valence-corrected chi connectivity index (χ0v) is 9.23. The normalized spacial score (nSPS) is 10.9. The van der Waals surface area contributed by atoms with Crippen LogP contribution >= 0.6 is 0 Å². The Kier molecular flexibility index (Phi) is 1.95. The molecular weight excluding hydrogens is 237 g/mol. The van der Waals surface area contributed by atoms with Crippen LogP contribution in [0.5, 0.6) is 0 Å². The first-order chi connectivity index (χ1) is 8.61. The average molecular weight is 243 g/mol. The van der Waals surface area contributed by atoms with E-state index in [1.807, 2.05) is 0 Å². The van der Waals surface area contributed by atoms with Crippen molar-refractivity contribution in [3.8, 4) is 6.07 Å². The Morgan fingerprint density at radius 3 is 3.06 bits per heavy atom. The smallest absolute Gasteiger partial charge is 0.260 e. The maximum Gasteiger partial charge on any atom is 0.260 e. The lowest BCUT2D eigenvalue weighted by molar-refractivity contribution is 0.582. The lowest BCUT2D eigenvalue weighted by Gasteiger charge is -2.02. The largest absolute Gasteiger partial charge is 0.306 e. The molecule has 1 N–H and O–H groups in total. The molecule has 0 aliphatic heterocycles. The first-order valence-corrected chi connectivity index (χ1v) is 5.09. The van der Waals surface area contributed by atoms with Gasteiger partial charge in [-0.2, -0.15) is 14.8 Å². The van der Waals surface area contributed by atoms with Crippen LogP contribution in [0.2, 0.25) is 0 Å². The van der Waals surface area contributed by atoms with E-state index in [1.54, 1.807) is 19.1 Å². The second-order valence-corrected chi connectivity index (χ2v) is 3.83. The summed E-state index contributed by atoms with van der Waals surface area (Å²) in [6.45, 7) is 1.76. The van der Waals surface area contributed by atoms with E-state index in [-0.39, 0.29) is 10.9 Å². The van der Waals surface area contributed by atoms with Crippen LogP contribution in [-0.4, -0.2) is 19.6 Å². The monoisotopic (exact) mass is 243 g/mol. The Labute approximate surface area is 99.3 Å². The molecule has 0 unspecified atom stereocenters. The van der Waals surface area contributed by atoms with E-state index < -0.39 is 11.5 Å². The van der Waals surface area contributed by atoms with Crippen molar-refractivity contribution in [3.63, 3.8) is 0 Å². The first kappa shape index (κ1) is 10.4. The third-order valence-electron chi connectivity index (χ3n) is 2.65. The molecule has 0 spiro atoms. The van der Waals surface area contributed by atoms with Crippen molar-refractivity contribution in [1.29, 1.82) is 5.26 Å². The highest BCUT2D eigenvalue weighted by molar-refractivity contribution is 5.84. The Hall–Kier alpha value is -2.75. The van der Waals surface area contributed by atoms with Crippen molar-refractivity contribution < 1.29 is 4.39 Å². The third-order valence-corrected chi connectivity index (χ3v) is 2.65. The standard InChI is InChI=1S/C11H6FN5O/c1-5-2-8-15-11(18)9-6(3-13)10(12)14-4-7(9)17(8)16-5/h2,4H,1H3,(H,15,18). The molecule has 0 radical (unpaired) electrons. The third kappa shape index (κ3) is 1.23. The summed E-state index contributed by atoms with van der Waals surface area (Å²) in [7, 11) is 0. The van der Waals surface area contributed by atoms with Crippen LogP contribution in [0.4, 0.5) is 4.39 Å². The minimum Gasteiger partial charge on any atom is -0.306 e. The predicted molar refractivity (Wildman–Crippen MR) is 60.5 cm³/mol. The van der Waals surface area contributed by atoms with Crippen molar-refractivity contribution in [2.24, 2.45) is 0 Å². The Morgan fingerprint density at radius 2 is 2.33 bits per heavy atom. The van der Waals surface area contributed by atoms with Crippen LogP contribution < -0.4 is 5.56 Å². The number of H-pyrrole nitrogens is 1. The molecule has 3 aromatic rings. The molecule has 0 bridgehead atoms. The SMILES string of the molecule is Cc1cc2[nH]c(=O)c3c(C#N)c(F)ncc3n2n1. The molecule has 7 heteroatoms. The molecule has 18 heavy (non-hydrogen) atoms. The van der Waals surface area contributed by atoms with Gasteiger partial charge in [-0.05, 0) is 6.92 Å². The fraction of sp³-hybridized carbons (Fsp3) is 0.0909. The van der Waals surface area contributed by atoms with Crippen LogP contribution in [0.1, 0.15) is 11.3 Å². The molecule has 0 saturated heterocycles. The number of hydrogen-bond donors (Lipinski definition) is 1. The van der Waals surface area contributed by atoms with Gasteiger partial charge in [-0.3, -0.25) is 4.79 Å². The molecular formula is C11H6FN5O. The summed E-state index contributed by atoms with van der Waals surface area (Å²) in [6.07, 6.45) is 1.19. The molecule has 88 valence electrons. The molecule has 0 amide bonds. The highest BCUT2D eigenvalue weighted by Crippen LogP contribution is 2.16. The van der Waals surface area contributed by atoms with Crippen molar-refractivity contribution in [2.45, 2.75) is 6.92 Å². The number of nitrogens with one attached hydrogen (secondary N) is 1. The summed E-state index contributed by atoms with van der Waals surface area (Å²) in [5.74, 6) is -0.960. The summed E-state index contributed by atoms with van der Waals surface area (Å²) in [5.41, 5.74) is 0.571. The van der Waals surface area contributed by atoms with Gasteiger partial charge in [-0.25, -0.2) is 9.50 Å². The van der Waals surface area contributed by atoms with E-state index in [0.29, 0.717) is 16.9 Å². The quantitative estimate of drug-likeness (QED) is 0.594. The van der Waals surface area contributed by atoms with E-state index in [9.17, 15) is 9.18 Å². The number of aromatic nitrogens is 4. The molecule has 3 aromatic heterocycles. The average Bonchev–Trinajstić information content (AvgIpc) is 2.69. The molecule has 0 saturated carbocycles. The molecule has 6 nitrogen and oxygen atoms in total. The van der Waals surface area contributed by atoms with Crippen molar-refractivity contribution in [3.05, 3.63) is 39.8 Å². The number of aryl methyl sites for hydroxylation is 1. The van der Waals surface area contributed by atoms with E-state index >= 15 is 0 Å². The number of halogens is 1. The molecule has 3 heterocycles. The minimum absolute atomic E-state index is 0.0411. The predicted octanol–water partition coefficient (Wildman–Crippen LogP) is 0.890. The maximum atomic E-state index is 13.4. The summed E-state index contributed by atoms with van der Waals surface area (Å²) in [6, 6.07) is 3.33. The van der Waals surface area contributed by atoms with E-state index in [1.165, 1.54) is 10.7 Å². The summed E-state index contributed by atoms with van der Waals surface area (Å²) >= 11 is 0. The topological polar surface area (TPSA) is 86.8 Å². The zero-order valence-electron chi connectivity index (χ0n) is 9.23. The Balaban J connectivity index is 2.68. The second-order valence-electron chi connectivity index (χ2n) is 3.83. The molecule has 0 aliphatic carbocycles. The number of nitriles is 1. The van der Waals surface area contributed by atoms with Gasteiger partial charge < -0.3 is 4.98 Å². The van der Waals surface area contributed by atoms with Crippen molar-refractivity contribution in [2.75, 3.05) is 0 Å². The Bertz CT molecular complexity index is 886. The fourth-order valence-electron chi connectivity index (χ4n) is 1.92. The molecule has 0 atom stereocenters. The van der Waals surface area contributed by atoms with Gasteiger partial charge in [-0.15, -0.1) is 0 Å². The van der Waals surface area contributed by atoms with E-state index in [2.05, 4.69) is 15.1 Å². The summed E-state index contributed by atoms with van der Waals surface area (Å²) in [5, 5.41) is 13.0. The van der Waals surface area contributed by atoms with Gasteiger partial charge in [0.05, 0.1) is 22.8 Å². The minimum atomic E-state index is -0.960. The fourth-order valence-corrected chi connectivity index (χ4v) is 1.92. The second kappa shape index (κ2) is 3.37. The lowest BCUT2D eigenvalue weighted by Crippen LogP contribution is -2.13. The summed E-state index contributed by atoms with van der Waals surface area (Å²) in [4.78, 5) is 17.9. The number of pyridine rings is 1. The van der Waals surface area contributed by atoms with Gasteiger partial charge in [-0.1, -0.05) is 0 Å². The Morgan fingerprint density at radius 1 is 1.56 bits per heavy atom. The van der Waals surface area contributed by atoms with Crippen LogP contribution in [0, 0.1) is 24.2 Å². The van der Waals surface area contributed by atoms with Gasteiger partial charge in [0, 0.05) is 6.07 Å². The number of nitrogens with zero attached hydrogens (tertiary/aromatic N) is 4. The first-order valence-electron chi connectivity index (χ1n) is 5.09. The highest BCUT2D eigenvalue weighted by atomic mass is 19.1. The van der Waals surface area contributed by atoms with Crippen LogP contribution in [0.3, 0.4) is 0 Å². The van der Waals surface area contributed by atoms with Crippen LogP contribution in [0.15, 0.2) is 17.1 Å². The summed E-state index contributed by atoms with van der Waals surface area (Å²) < 4.78 is 14.8. The van der Waals surface area contributed by atoms with Crippen molar-refractivity contribution in [1.82, 2.24) is 19.6 Å². The molecule has 0 fully saturated rings. The van der Waals surface area contributed by atoms with Gasteiger partial charge in [0.25, 0.3) is 5.56 Å². The zero-order chi connectivity index (χ0) is 12.9. The van der Waals surface area contributed by atoms with Crippen molar-refractivity contribution >= 4 is 16.6 Å².